The summed E-state index contributed by atoms with van der Waals surface area (Å²) in [6, 6.07) is 6.87. The number of nitrogens with one attached hydrogen (secondary N) is 2. The van der Waals surface area contributed by atoms with Crippen molar-refractivity contribution >= 4 is 29.1 Å². The second kappa shape index (κ2) is 11.9. The minimum atomic E-state index is -0.852. The highest BCUT2D eigenvalue weighted by atomic mass is 19.1. The van der Waals surface area contributed by atoms with E-state index in [-0.39, 0.29) is 41.4 Å². The largest absolute Gasteiger partial charge is 0.461 e. The Kier molecular flexibility index (Phi) is 8.44. The van der Waals surface area contributed by atoms with E-state index in [0.717, 1.165) is 25.0 Å². The highest BCUT2D eigenvalue weighted by Crippen LogP contribution is 2.34. The minimum Gasteiger partial charge on any atom is -0.461 e. The van der Waals surface area contributed by atoms with Crippen LogP contribution in [0.4, 0.5) is 26.2 Å². The monoisotopic (exact) mass is 533 g/mol. The molecule has 9 nitrogen and oxygen atoms in total. The van der Waals surface area contributed by atoms with Crippen LogP contribution in [0.5, 0.6) is 0 Å². The van der Waals surface area contributed by atoms with Gasteiger partial charge in [0.05, 0.1) is 18.4 Å². The molecule has 11 heteroatoms. The number of anilines is 3. The van der Waals surface area contributed by atoms with Gasteiger partial charge in [-0.15, -0.1) is 0 Å². The number of hydrogen-bond acceptors (Lipinski definition) is 9. The van der Waals surface area contributed by atoms with Crippen LogP contribution >= 0.6 is 0 Å². The van der Waals surface area contributed by atoms with Gasteiger partial charge < -0.3 is 20.4 Å². The average molecular weight is 534 g/mol. The first-order chi connectivity index (χ1) is 18.7. The van der Waals surface area contributed by atoms with Gasteiger partial charge in [-0.25, -0.2) is 28.5 Å². The molecule has 0 radical (unpaired) electrons. The van der Waals surface area contributed by atoms with Gasteiger partial charge >= 0.3 is 5.97 Å². The fourth-order valence-electron chi connectivity index (χ4n) is 4.28. The van der Waals surface area contributed by atoms with Crippen LogP contribution in [0, 0.1) is 40.2 Å². The number of nitrogens with zero attached hydrogens (tertiary/aromatic N) is 5. The predicted octanol–water partition coefficient (Wildman–Crippen LogP) is 5.50. The van der Waals surface area contributed by atoms with Gasteiger partial charge in [0, 0.05) is 54.3 Å². The molecule has 0 bridgehead atoms. The van der Waals surface area contributed by atoms with Crippen molar-refractivity contribution in [2.45, 2.75) is 33.6 Å². The molecule has 1 fully saturated rings. The molecule has 1 aromatic carbocycles. The van der Waals surface area contributed by atoms with Crippen LogP contribution in [0.2, 0.25) is 0 Å². The Bertz CT molecular complexity index is 1410. The number of aromatic nitrogens is 3. The highest BCUT2D eigenvalue weighted by Gasteiger charge is 2.25. The number of piperidine rings is 1. The number of nitriles is 1. The molecule has 4 rings (SSSR count). The van der Waals surface area contributed by atoms with Crippen LogP contribution < -0.4 is 10.2 Å². The number of benzene rings is 1. The Morgan fingerprint density at radius 3 is 2.51 bits per heavy atom. The first kappa shape index (κ1) is 27.6. The summed E-state index contributed by atoms with van der Waals surface area (Å²) in [4.78, 5) is 28.2. The maximum Gasteiger partial charge on any atom is 0.357 e. The van der Waals surface area contributed by atoms with E-state index >= 15 is 0 Å². The van der Waals surface area contributed by atoms with Crippen LogP contribution in [0.1, 0.15) is 49.7 Å². The first-order valence-electron chi connectivity index (χ1n) is 12.7. The maximum atomic E-state index is 14.6. The molecule has 0 unspecified atom stereocenters. The summed E-state index contributed by atoms with van der Waals surface area (Å²) in [5.74, 6) is -1.95. The molecular weight excluding hydrogens is 504 g/mol. The van der Waals surface area contributed by atoms with Crippen molar-refractivity contribution in [3.8, 4) is 17.2 Å². The summed E-state index contributed by atoms with van der Waals surface area (Å²) in [6.07, 6.45) is 4.67. The van der Waals surface area contributed by atoms with Crippen LogP contribution in [-0.4, -0.2) is 46.3 Å². The summed E-state index contributed by atoms with van der Waals surface area (Å²) < 4.78 is 33.3. The molecule has 39 heavy (non-hydrogen) atoms. The maximum absolute atomic E-state index is 14.6. The van der Waals surface area contributed by atoms with Crippen LogP contribution in [0.25, 0.3) is 11.1 Å². The molecule has 0 aliphatic carbocycles. The molecular formula is C28H29F2N7O2. The van der Waals surface area contributed by atoms with E-state index in [9.17, 15) is 13.6 Å². The fraction of sp³-hybridized carbons (Fsp3) is 0.357. The topological polar surface area (TPSA) is 128 Å². The Balaban J connectivity index is 1.82. The number of hydrogen-bond donors (Lipinski definition) is 2. The third kappa shape index (κ3) is 6.17. The van der Waals surface area contributed by atoms with E-state index in [1.165, 1.54) is 12.1 Å². The zero-order chi connectivity index (χ0) is 28.1. The molecule has 1 aliphatic heterocycles. The van der Waals surface area contributed by atoms with Gasteiger partial charge in [0.15, 0.2) is 5.69 Å². The lowest BCUT2D eigenvalue weighted by molar-refractivity contribution is 0.0519. The van der Waals surface area contributed by atoms with Gasteiger partial charge in [0.2, 0.25) is 5.95 Å². The Morgan fingerprint density at radius 1 is 1.23 bits per heavy atom. The standard InChI is InChI=1S/C28H29F2N7O2/c1-4-39-27(38)23-12-20(18-14-33-28(34-15-18)37-9-7-17(13-31)8-10-37)24(25(32)16(2)3)26(36-23)35-22-6-5-19(29)11-21(22)30/h5-6,11-12,14-17,32H,4,7-10H2,1-3H3,(H,35,36). The lowest BCUT2D eigenvalue weighted by Gasteiger charge is -2.29. The van der Waals surface area contributed by atoms with Crippen molar-refractivity contribution in [3.05, 3.63) is 59.6 Å². The van der Waals surface area contributed by atoms with E-state index in [4.69, 9.17) is 15.4 Å². The Labute approximate surface area is 225 Å². The molecule has 202 valence electrons. The van der Waals surface area contributed by atoms with Crippen LogP contribution in [0.3, 0.4) is 0 Å². The number of ether oxygens (including phenoxy) is 1. The quantitative estimate of drug-likeness (QED) is 0.287. The average Bonchev–Trinajstić information content (AvgIpc) is 2.94. The van der Waals surface area contributed by atoms with Gasteiger partial charge in [-0.05, 0) is 49.4 Å². The molecule has 2 N–H and O–H groups in total. The Hall–Kier alpha value is -4.46. The SMILES string of the molecule is CCOC(=O)c1cc(-c2cnc(N3CCC(C#N)CC3)nc2)c(C(=N)C(C)C)c(Nc2ccc(F)cc2F)n1. The van der Waals surface area contributed by atoms with E-state index in [1.54, 1.807) is 19.3 Å². The lowest BCUT2D eigenvalue weighted by atomic mass is 9.92. The van der Waals surface area contributed by atoms with Gasteiger partial charge in [-0.3, -0.25) is 0 Å². The van der Waals surface area contributed by atoms with Crippen LogP contribution in [0.15, 0.2) is 36.7 Å². The van der Waals surface area contributed by atoms with Gasteiger partial charge in [-0.2, -0.15) is 5.26 Å². The zero-order valence-electron chi connectivity index (χ0n) is 22.0. The summed E-state index contributed by atoms with van der Waals surface area (Å²) >= 11 is 0. The van der Waals surface area contributed by atoms with Gasteiger partial charge in [0.1, 0.15) is 17.5 Å². The number of carbonyl (C=O) groups excluding carboxylic acids is 1. The lowest BCUT2D eigenvalue weighted by Crippen LogP contribution is -2.34. The minimum absolute atomic E-state index is 0.0279. The molecule has 3 heterocycles. The summed E-state index contributed by atoms with van der Waals surface area (Å²) in [5, 5.41) is 20.8. The second-order valence-electron chi connectivity index (χ2n) is 9.48. The molecule has 3 aromatic rings. The van der Waals surface area contributed by atoms with Crippen molar-refractivity contribution in [1.29, 1.82) is 10.7 Å². The van der Waals surface area contributed by atoms with Crippen molar-refractivity contribution in [1.82, 2.24) is 15.0 Å². The number of rotatable bonds is 8. The third-order valence-electron chi connectivity index (χ3n) is 6.44. The van der Waals surface area contributed by atoms with E-state index in [1.807, 2.05) is 18.7 Å². The third-order valence-corrected chi connectivity index (χ3v) is 6.44. The second-order valence-corrected chi connectivity index (χ2v) is 9.48. The summed E-state index contributed by atoms with van der Waals surface area (Å²) in [6.45, 7) is 6.78. The van der Waals surface area contributed by atoms with Crippen molar-refractivity contribution in [2.24, 2.45) is 11.8 Å². The smallest absolute Gasteiger partial charge is 0.357 e. The fourth-order valence-corrected chi connectivity index (χ4v) is 4.28. The number of esters is 1. The molecule has 0 amide bonds. The zero-order valence-corrected chi connectivity index (χ0v) is 22.0. The van der Waals surface area contributed by atoms with E-state index < -0.39 is 17.6 Å². The van der Waals surface area contributed by atoms with Crippen molar-refractivity contribution in [3.63, 3.8) is 0 Å². The van der Waals surface area contributed by atoms with Gasteiger partial charge in [0.25, 0.3) is 0 Å². The van der Waals surface area contributed by atoms with E-state index in [2.05, 4.69) is 26.3 Å². The summed E-state index contributed by atoms with van der Waals surface area (Å²) in [5.41, 5.74) is 1.34. The van der Waals surface area contributed by atoms with Gasteiger partial charge in [-0.1, -0.05) is 13.8 Å². The summed E-state index contributed by atoms with van der Waals surface area (Å²) in [7, 11) is 0. The highest BCUT2D eigenvalue weighted by molar-refractivity contribution is 6.10. The number of carbonyl (C=O) groups is 1. The molecule has 1 aliphatic rings. The number of halogens is 2. The normalized spacial score (nSPS) is 13.7. The predicted molar refractivity (Wildman–Crippen MR) is 143 cm³/mol. The van der Waals surface area contributed by atoms with Crippen molar-refractivity contribution in [2.75, 3.05) is 29.9 Å². The first-order valence-corrected chi connectivity index (χ1v) is 12.7. The number of pyridine rings is 1. The van der Waals surface area contributed by atoms with Crippen LogP contribution in [-0.2, 0) is 4.74 Å². The molecule has 0 saturated carbocycles. The van der Waals surface area contributed by atoms with Crippen molar-refractivity contribution < 1.29 is 18.3 Å². The molecule has 0 spiro atoms. The van der Waals surface area contributed by atoms with E-state index in [0.29, 0.717) is 35.7 Å². The molecule has 1 saturated heterocycles. The Morgan fingerprint density at radius 2 is 1.92 bits per heavy atom. The molecule has 2 aromatic heterocycles. The molecule has 0 atom stereocenters.